The molecular formula is C30H26N4O2. The van der Waals surface area contributed by atoms with Crippen molar-refractivity contribution in [3.05, 3.63) is 138 Å². The van der Waals surface area contributed by atoms with Gasteiger partial charge in [0, 0.05) is 47.4 Å². The highest BCUT2D eigenvalue weighted by Gasteiger charge is 2.14. The number of hydrogen-bond acceptors (Lipinski definition) is 4. The average molecular weight is 475 g/mol. The molecule has 0 saturated carbocycles. The molecule has 0 unspecified atom stereocenters. The van der Waals surface area contributed by atoms with Gasteiger partial charge in [0.1, 0.15) is 12.4 Å². The van der Waals surface area contributed by atoms with Gasteiger partial charge >= 0.3 is 0 Å². The van der Waals surface area contributed by atoms with Crippen LogP contribution < -0.4 is 10.1 Å². The number of rotatable bonds is 9. The molecular weight excluding hydrogens is 448 g/mol. The van der Waals surface area contributed by atoms with Crippen LogP contribution in [-0.4, -0.2) is 20.7 Å². The van der Waals surface area contributed by atoms with E-state index < -0.39 is 0 Å². The molecule has 36 heavy (non-hydrogen) atoms. The summed E-state index contributed by atoms with van der Waals surface area (Å²) in [6.45, 7) is 1.41. The summed E-state index contributed by atoms with van der Waals surface area (Å²) in [4.78, 5) is 17.1. The summed E-state index contributed by atoms with van der Waals surface area (Å²) in [6.07, 6.45) is 5.49. The minimum absolute atomic E-state index is 0.170. The van der Waals surface area contributed by atoms with E-state index in [1.54, 1.807) is 24.5 Å². The molecule has 5 rings (SSSR count). The number of carbonyl (C=O) groups is 1. The van der Waals surface area contributed by atoms with Gasteiger partial charge in [0.05, 0.1) is 12.2 Å². The zero-order valence-corrected chi connectivity index (χ0v) is 19.7. The number of nitrogens with one attached hydrogen (secondary N) is 1. The van der Waals surface area contributed by atoms with Gasteiger partial charge < -0.3 is 10.1 Å². The third-order valence-electron chi connectivity index (χ3n) is 5.74. The highest BCUT2D eigenvalue weighted by molar-refractivity contribution is 5.94. The average Bonchev–Trinajstić information content (AvgIpc) is 3.35. The van der Waals surface area contributed by atoms with Crippen molar-refractivity contribution in [1.29, 1.82) is 0 Å². The summed E-state index contributed by atoms with van der Waals surface area (Å²) in [5, 5.41) is 7.88. The van der Waals surface area contributed by atoms with E-state index in [1.807, 2.05) is 83.7 Å². The molecule has 0 aliphatic heterocycles. The SMILES string of the molecule is O=C(NCc1cn(Cc2ccccc2)nc1-c1ccccc1)c1cccc(OCc2cccnc2)c1. The zero-order chi connectivity index (χ0) is 24.6. The normalized spacial score (nSPS) is 10.7. The van der Waals surface area contributed by atoms with Crippen molar-refractivity contribution in [3.63, 3.8) is 0 Å². The molecule has 0 spiro atoms. The lowest BCUT2D eigenvalue weighted by molar-refractivity contribution is 0.0950. The maximum Gasteiger partial charge on any atom is 0.251 e. The summed E-state index contributed by atoms with van der Waals surface area (Å²) in [6, 6.07) is 31.2. The predicted molar refractivity (Wildman–Crippen MR) is 139 cm³/mol. The lowest BCUT2D eigenvalue weighted by Gasteiger charge is -2.09. The van der Waals surface area contributed by atoms with Gasteiger partial charge in [-0.1, -0.05) is 72.8 Å². The van der Waals surface area contributed by atoms with Gasteiger partial charge in [-0.05, 0) is 29.8 Å². The van der Waals surface area contributed by atoms with Crippen LogP contribution in [0.2, 0.25) is 0 Å². The Balaban J connectivity index is 1.29. The fourth-order valence-electron chi connectivity index (χ4n) is 3.94. The van der Waals surface area contributed by atoms with Crippen LogP contribution in [0.25, 0.3) is 11.3 Å². The van der Waals surface area contributed by atoms with Crippen LogP contribution in [0.3, 0.4) is 0 Å². The third-order valence-corrected chi connectivity index (χ3v) is 5.74. The predicted octanol–water partition coefficient (Wildman–Crippen LogP) is 5.50. The van der Waals surface area contributed by atoms with Gasteiger partial charge in [0.2, 0.25) is 0 Å². The molecule has 2 heterocycles. The van der Waals surface area contributed by atoms with E-state index in [2.05, 4.69) is 22.4 Å². The molecule has 0 aliphatic rings. The van der Waals surface area contributed by atoms with Gasteiger partial charge in [-0.25, -0.2) is 0 Å². The maximum atomic E-state index is 13.0. The molecule has 1 amide bonds. The van der Waals surface area contributed by atoms with Crippen molar-refractivity contribution in [2.45, 2.75) is 19.7 Å². The topological polar surface area (TPSA) is 69.0 Å². The highest BCUT2D eigenvalue weighted by Crippen LogP contribution is 2.23. The molecule has 0 fully saturated rings. The van der Waals surface area contributed by atoms with Crippen LogP contribution in [-0.2, 0) is 19.7 Å². The first-order valence-corrected chi connectivity index (χ1v) is 11.8. The molecule has 6 heteroatoms. The van der Waals surface area contributed by atoms with E-state index in [1.165, 1.54) is 5.56 Å². The zero-order valence-electron chi connectivity index (χ0n) is 19.7. The number of amides is 1. The molecule has 6 nitrogen and oxygen atoms in total. The first-order chi connectivity index (χ1) is 17.7. The van der Waals surface area contributed by atoms with Crippen molar-refractivity contribution in [2.75, 3.05) is 0 Å². The number of ether oxygens (including phenoxy) is 1. The lowest BCUT2D eigenvalue weighted by Crippen LogP contribution is -2.22. The number of aromatic nitrogens is 3. The second-order valence-corrected chi connectivity index (χ2v) is 8.41. The van der Waals surface area contributed by atoms with E-state index in [9.17, 15) is 4.79 Å². The minimum atomic E-state index is -0.170. The summed E-state index contributed by atoms with van der Waals surface area (Å²) >= 11 is 0. The standard InChI is InChI=1S/C30H26N4O2/c35-30(26-14-7-15-28(17-26)36-22-24-11-8-16-31-18-24)32-19-27-21-34(20-23-9-3-1-4-10-23)33-29(27)25-12-5-2-6-13-25/h1-18,21H,19-20,22H2,(H,32,35). The van der Waals surface area contributed by atoms with Crippen LogP contribution in [0, 0.1) is 0 Å². The van der Waals surface area contributed by atoms with Gasteiger partial charge in [-0.2, -0.15) is 5.10 Å². The Morgan fingerprint density at radius 1 is 0.861 bits per heavy atom. The van der Waals surface area contributed by atoms with Gasteiger partial charge in [0.25, 0.3) is 5.91 Å². The first-order valence-electron chi connectivity index (χ1n) is 11.8. The molecule has 3 aromatic carbocycles. The molecule has 0 aliphatic carbocycles. The molecule has 1 N–H and O–H groups in total. The van der Waals surface area contributed by atoms with E-state index >= 15 is 0 Å². The van der Waals surface area contributed by atoms with Crippen molar-refractivity contribution in [1.82, 2.24) is 20.1 Å². The molecule has 0 bridgehead atoms. The number of carbonyl (C=O) groups excluding carboxylic acids is 1. The Morgan fingerprint density at radius 2 is 1.64 bits per heavy atom. The number of pyridine rings is 1. The second kappa shape index (κ2) is 11.1. The van der Waals surface area contributed by atoms with Crippen LogP contribution in [0.4, 0.5) is 0 Å². The Morgan fingerprint density at radius 3 is 2.42 bits per heavy atom. The Kier molecular flexibility index (Phi) is 7.14. The molecule has 5 aromatic rings. The minimum Gasteiger partial charge on any atom is -0.489 e. The van der Waals surface area contributed by atoms with E-state index in [-0.39, 0.29) is 5.91 Å². The van der Waals surface area contributed by atoms with Crippen LogP contribution >= 0.6 is 0 Å². The largest absolute Gasteiger partial charge is 0.489 e. The second-order valence-electron chi connectivity index (χ2n) is 8.41. The molecule has 0 saturated heterocycles. The molecule has 0 radical (unpaired) electrons. The summed E-state index contributed by atoms with van der Waals surface area (Å²) in [7, 11) is 0. The van der Waals surface area contributed by atoms with Crippen molar-refractivity contribution in [2.24, 2.45) is 0 Å². The van der Waals surface area contributed by atoms with Gasteiger partial charge in [0.15, 0.2) is 0 Å². The summed E-state index contributed by atoms with van der Waals surface area (Å²) in [5.41, 5.74) is 5.50. The monoisotopic (exact) mass is 474 g/mol. The van der Waals surface area contributed by atoms with Crippen molar-refractivity contribution >= 4 is 5.91 Å². The van der Waals surface area contributed by atoms with Crippen LogP contribution in [0.15, 0.2) is 116 Å². The van der Waals surface area contributed by atoms with Crippen LogP contribution in [0.5, 0.6) is 5.75 Å². The van der Waals surface area contributed by atoms with Crippen LogP contribution in [0.1, 0.15) is 27.0 Å². The molecule has 178 valence electrons. The van der Waals surface area contributed by atoms with Crippen molar-refractivity contribution in [3.8, 4) is 17.0 Å². The Bertz CT molecular complexity index is 1420. The smallest absolute Gasteiger partial charge is 0.251 e. The van der Waals surface area contributed by atoms with E-state index in [4.69, 9.17) is 9.84 Å². The number of hydrogen-bond donors (Lipinski definition) is 1. The number of nitrogens with zero attached hydrogens (tertiary/aromatic N) is 3. The maximum absolute atomic E-state index is 13.0. The fourth-order valence-corrected chi connectivity index (χ4v) is 3.94. The van der Waals surface area contributed by atoms with Crippen molar-refractivity contribution < 1.29 is 9.53 Å². The summed E-state index contributed by atoms with van der Waals surface area (Å²) < 4.78 is 7.77. The fraction of sp³-hybridized carbons (Fsp3) is 0.100. The number of benzene rings is 3. The lowest BCUT2D eigenvalue weighted by atomic mass is 10.1. The summed E-state index contributed by atoms with van der Waals surface area (Å²) in [5.74, 6) is 0.462. The van der Waals surface area contributed by atoms with Gasteiger partial charge in [-0.3, -0.25) is 14.5 Å². The quantitative estimate of drug-likeness (QED) is 0.306. The van der Waals surface area contributed by atoms with E-state index in [0.29, 0.717) is 31.0 Å². The first kappa shape index (κ1) is 23.1. The van der Waals surface area contributed by atoms with E-state index in [0.717, 1.165) is 22.4 Å². The molecule has 0 atom stereocenters. The Labute approximate surface area is 210 Å². The molecule has 2 aromatic heterocycles. The third kappa shape index (κ3) is 5.85. The highest BCUT2D eigenvalue weighted by atomic mass is 16.5. The Hall–Kier alpha value is -4.71. The van der Waals surface area contributed by atoms with Gasteiger partial charge in [-0.15, -0.1) is 0 Å².